The minimum absolute atomic E-state index is 0.334. The van der Waals surface area contributed by atoms with Gasteiger partial charge >= 0.3 is 6.09 Å². The van der Waals surface area contributed by atoms with Crippen LogP contribution in [-0.4, -0.2) is 47.6 Å². The van der Waals surface area contributed by atoms with Crippen LogP contribution >= 0.6 is 0 Å². The summed E-state index contributed by atoms with van der Waals surface area (Å²) in [7, 11) is 3.25. The Kier molecular flexibility index (Phi) is 7.25. The van der Waals surface area contributed by atoms with Gasteiger partial charge in [0.25, 0.3) is 0 Å². The van der Waals surface area contributed by atoms with Gasteiger partial charge in [0.15, 0.2) is 5.82 Å². The first-order chi connectivity index (χ1) is 15.3. The monoisotopic (exact) mass is 436 g/mol. The molecule has 0 aliphatic heterocycles. The van der Waals surface area contributed by atoms with Crippen LogP contribution in [0.25, 0.3) is 22.5 Å². The summed E-state index contributed by atoms with van der Waals surface area (Å²) in [5.74, 6) is 2.03. The predicted octanol–water partition coefficient (Wildman–Crippen LogP) is 4.29. The molecule has 0 spiro atoms. The Balaban J connectivity index is 1.86. The number of nitrogens with zero attached hydrogens (tertiary/aromatic N) is 3. The van der Waals surface area contributed by atoms with Crippen LogP contribution in [0.5, 0.6) is 11.5 Å². The SMILES string of the molecule is COc1ccc(-c2nnc(CCNC(=O)OC(C)(C)C)nc2-c2ccc(OC)cc2)cc1. The van der Waals surface area contributed by atoms with Crippen LogP contribution in [0, 0.1) is 0 Å². The topological polar surface area (TPSA) is 95.5 Å². The molecule has 0 aliphatic carbocycles. The van der Waals surface area contributed by atoms with E-state index in [9.17, 15) is 4.79 Å². The number of methoxy groups -OCH3 is 2. The molecule has 0 saturated carbocycles. The average molecular weight is 437 g/mol. The molecular weight excluding hydrogens is 408 g/mol. The van der Waals surface area contributed by atoms with Gasteiger partial charge in [0.2, 0.25) is 0 Å². The standard InChI is InChI=1S/C24H28N4O4/c1-24(2,3)32-23(29)25-15-14-20-26-21(16-6-10-18(30-4)11-7-16)22(28-27-20)17-8-12-19(31-5)13-9-17/h6-13H,14-15H2,1-5H3,(H,25,29). The smallest absolute Gasteiger partial charge is 0.407 e. The Morgan fingerprint density at radius 3 is 1.88 bits per heavy atom. The number of carbonyl (C=O) groups excluding carboxylic acids is 1. The van der Waals surface area contributed by atoms with E-state index in [0.29, 0.717) is 30.2 Å². The number of aromatic nitrogens is 3. The zero-order valence-corrected chi connectivity index (χ0v) is 19.0. The van der Waals surface area contributed by atoms with Gasteiger partial charge in [-0.1, -0.05) is 0 Å². The van der Waals surface area contributed by atoms with Crippen molar-refractivity contribution in [2.24, 2.45) is 0 Å². The molecular formula is C24H28N4O4. The first-order valence-corrected chi connectivity index (χ1v) is 10.3. The summed E-state index contributed by atoms with van der Waals surface area (Å²) in [6.45, 7) is 5.79. The fraction of sp³-hybridized carbons (Fsp3) is 0.333. The number of hydrogen-bond acceptors (Lipinski definition) is 7. The second kappa shape index (κ2) is 10.1. The number of carbonyl (C=O) groups is 1. The van der Waals surface area contributed by atoms with Crippen molar-refractivity contribution in [3.8, 4) is 34.0 Å². The number of hydrogen-bond donors (Lipinski definition) is 1. The summed E-state index contributed by atoms with van der Waals surface area (Å²) in [6.07, 6.45) is -0.0612. The van der Waals surface area contributed by atoms with E-state index in [0.717, 1.165) is 22.6 Å². The lowest BCUT2D eigenvalue weighted by molar-refractivity contribution is 0.0528. The minimum atomic E-state index is -0.552. The van der Waals surface area contributed by atoms with Crippen molar-refractivity contribution in [2.45, 2.75) is 32.8 Å². The van der Waals surface area contributed by atoms with Crippen LogP contribution in [0.15, 0.2) is 48.5 Å². The number of benzene rings is 2. The molecule has 168 valence electrons. The molecule has 1 aromatic heterocycles. The molecule has 1 amide bonds. The molecule has 0 aliphatic rings. The fourth-order valence-electron chi connectivity index (χ4n) is 2.95. The molecule has 0 bridgehead atoms. The Morgan fingerprint density at radius 1 is 0.844 bits per heavy atom. The van der Waals surface area contributed by atoms with Crippen molar-refractivity contribution < 1.29 is 19.0 Å². The molecule has 0 atom stereocenters. The Hall–Kier alpha value is -3.68. The lowest BCUT2D eigenvalue weighted by atomic mass is 10.0. The molecule has 0 unspecified atom stereocenters. The highest BCUT2D eigenvalue weighted by Gasteiger charge is 2.17. The van der Waals surface area contributed by atoms with Gasteiger partial charge in [-0.15, -0.1) is 10.2 Å². The third kappa shape index (κ3) is 6.16. The van der Waals surface area contributed by atoms with Crippen LogP contribution in [-0.2, 0) is 11.2 Å². The first kappa shape index (κ1) is 23.0. The summed E-state index contributed by atoms with van der Waals surface area (Å²) in [6, 6.07) is 15.2. The van der Waals surface area contributed by atoms with E-state index in [-0.39, 0.29) is 0 Å². The van der Waals surface area contributed by atoms with Gasteiger partial charge in [-0.25, -0.2) is 9.78 Å². The second-order valence-electron chi connectivity index (χ2n) is 8.06. The van der Waals surface area contributed by atoms with Crippen molar-refractivity contribution in [3.05, 3.63) is 54.4 Å². The summed E-state index contributed by atoms with van der Waals surface area (Å²) in [5.41, 5.74) is 2.55. The number of alkyl carbamates (subject to hydrolysis) is 1. The third-order valence-corrected chi connectivity index (χ3v) is 4.47. The van der Waals surface area contributed by atoms with Gasteiger partial charge in [0.1, 0.15) is 28.5 Å². The molecule has 2 aromatic carbocycles. The van der Waals surface area contributed by atoms with Gasteiger partial charge in [0.05, 0.1) is 14.2 Å². The number of amides is 1. The van der Waals surface area contributed by atoms with Crippen molar-refractivity contribution in [1.29, 1.82) is 0 Å². The molecule has 1 N–H and O–H groups in total. The molecule has 0 radical (unpaired) electrons. The Bertz CT molecular complexity index is 1050. The van der Waals surface area contributed by atoms with Gasteiger partial charge in [-0.3, -0.25) is 0 Å². The van der Waals surface area contributed by atoms with E-state index in [1.807, 2.05) is 69.3 Å². The van der Waals surface area contributed by atoms with E-state index >= 15 is 0 Å². The van der Waals surface area contributed by atoms with Crippen molar-refractivity contribution in [1.82, 2.24) is 20.5 Å². The maximum Gasteiger partial charge on any atom is 0.407 e. The van der Waals surface area contributed by atoms with Crippen molar-refractivity contribution in [2.75, 3.05) is 20.8 Å². The van der Waals surface area contributed by atoms with Crippen LogP contribution < -0.4 is 14.8 Å². The van der Waals surface area contributed by atoms with E-state index < -0.39 is 11.7 Å². The summed E-state index contributed by atoms with van der Waals surface area (Å²) in [5, 5.41) is 11.5. The summed E-state index contributed by atoms with van der Waals surface area (Å²) in [4.78, 5) is 16.6. The quantitative estimate of drug-likeness (QED) is 0.590. The largest absolute Gasteiger partial charge is 0.497 e. The lowest BCUT2D eigenvalue weighted by Crippen LogP contribution is -2.33. The first-order valence-electron chi connectivity index (χ1n) is 10.3. The minimum Gasteiger partial charge on any atom is -0.497 e. The maximum absolute atomic E-state index is 11.9. The van der Waals surface area contributed by atoms with Crippen LogP contribution in [0.4, 0.5) is 4.79 Å². The van der Waals surface area contributed by atoms with Crippen LogP contribution in [0.3, 0.4) is 0 Å². The molecule has 0 fully saturated rings. The van der Waals surface area contributed by atoms with Crippen molar-refractivity contribution >= 4 is 6.09 Å². The molecule has 8 nitrogen and oxygen atoms in total. The van der Waals surface area contributed by atoms with Crippen LogP contribution in [0.2, 0.25) is 0 Å². The van der Waals surface area contributed by atoms with Gasteiger partial charge in [-0.2, -0.15) is 0 Å². The molecule has 8 heteroatoms. The number of ether oxygens (including phenoxy) is 3. The maximum atomic E-state index is 11.9. The van der Waals surface area contributed by atoms with E-state index in [2.05, 4.69) is 15.5 Å². The third-order valence-electron chi connectivity index (χ3n) is 4.47. The highest BCUT2D eigenvalue weighted by Crippen LogP contribution is 2.30. The second-order valence-corrected chi connectivity index (χ2v) is 8.06. The van der Waals surface area contributed by atoms with Gasteiger partial charge in [-0.05, 0) is 69.3 Å². The van der Waals surface area contributed by atoms with E-state index in [4.69, 9.17) is 19.2 Å². The molecule has 3 rings (SSSR count). The summed E-state index contributed by atoms with van der Waals surface area (Å²) < 4.78 is 15.8. The predicted molar refractivity (Wildman–Crippen MR) is 122 cm³/mol. The van der Waals surface area contributed by atoms with Crippen molar-refractivity contribution in [3.63, 3.8) is 0 Å². The van der Waals surface area contributed by atoms with E-state index in [1.54, 1.807) is 14.2 Å². The normalized spacial score (nSPS) is 11.0. The fourth-order valence-corrected chi connectivity index (χ4v) is 2.95. The average Bonchev–Trinajstić information content (AvgIpc) is 2.78. The Morgan fingerprint density at radius 2 is 1.38 bits per heavy atom. The van der Waals surface area contributed by atoms with Gasteiger partial charge in [0, 0.05) is 24.1 Å². The zero-order chi connectivity index (χ0) is 23.1. The number of rotatable bonds is 7. The molecule has 1 heterocycles. The molecule has 3 aromatic rings. The summed E-state index contributed by atoms with van der Waals surface area (Å²) >= 11 is 0. The lowest BCUT2D eigenvalue weighted by Gasteiger charge is -2.19. The van der Waals surface area contributed by atoms with Gasteiger partial charge < -0.3 is 19.5 Å². The highest BCUT2D eigenvalue weighted by atomic mass is 16.6. The zero-order valence-electron chi connectivity index (χ0n) is 19.0. The highest BCUT2D eigenvalue weighted by molar-refractivity contribution is 5.78. The number of nitrogens with one attached hydrogen (secondary N) is 1. The van der Waals surface area contributed by atoms with E-state index in [1.165, 1.54) is 0 Å². The molecule has 32 heavy (non-hydrogen) atoms. The van der Waals surface area contributed by atoms with Crippen LogP contribution in [0.1, 0.15) is 26.6 Å². The molecule has 0 saturated heterocycles. The Labute approximate surface area is 188 Å².